The number of anilines is 6. The van der Waals surface area contributed by atoms with Crippen LogP contribution in [0.2, 0.25) is 5.02 Å². The number of hydrogen-bond donors (Lipinski definition) is 3. The lowest BCUT2D eigenvalue weighted by Gasteiger charge is -2.34. The van der Waals surface area contributed by atoms with Gasteiger partial charge < -0.3 is 35.2 Å². The number of hydrogen-bond acceptors (Lipinski definition) is 9. The lowest BCUT2D eigenvalue weighted by Crippen LogP contribution is -2.44. The van der Waals surface area contributed by atoms with Gasteiger partial charge >= 0.3 is 0 Å². The maximum atomic E-state index is 13.0. The van der Waals surface area contributed by atoms with Crippen LogP contribution in [0.1, 0.15) is 0 Å². The summed E-state index contributed by atoms with van der Waals surface area (Å²) in [4.78, 5) is 35.4. The van der Waals surface area contributed by atoms with Gasteiger partial charge in [0, 0.05) is 43.2 Å². The Balaban J connectivity index is 0.00000112. The number of aromatic nitrogens is 2. The van der Waals surface area contributed by atoms with Crippen LogP contribution >= 0.6 is 11.6 Å². The Labute approximate surface area is 230 Å². The molecule has 1 amide bonds. The molecule has 2 aromatic carbocycles. The van der Waals surface area contributed by atoms with E-state index in [1.165, 1.54) is 16.8 Å². The van der Waals surface area contributed by atoms with E-state index in [1.807, 2.05) is 12.1 Å². The fourth-order valence-corrected chi connectivity index (χ4v) is 4.35. The first-order valence-electron chi connectivity index (χ1n) is 12.2. The first kappa shape index (κ1) is 27.9. The van der Waals surface area contributed by atoms with Crippen molar-refractivity contribution in [3.05, 3.63) is 53.7 Å². The van der Waals surface area contributed by atoms with Gasteiger partial charge in [0.1, 0.15) is 17.4 Å². The van der Waals surface area contributed by atoms with E-state index < -0.39 is 6.67 Å². The van der Waals surface area contributed by atoms with Crippen molar-refractivity contribution >= 4 is 58.5 Å². The molecule has 206 valence electrons. The van der Waals surface area contributed by atoms with Gasteiger partial charge in [-0.25, -0.2) is 9.37 Å². The van der Waals surface area contributed by atoms with E-state index in [-0.39, 0.29) is 25.5 Å². The predicted octanol–water partition coefficient (Wildman–Crippen LogP) is 3.76. The number of rotatable bonds is 7. The smallest absolute Gasteiger partial charge is 0.290 e. The molecule has 0 radical (unpaired) electrons. The number of carboxylic acid groups (broad SMARTS) is 1. The van der Waals surface area contributed by atoms with Gasteiger partial charge in [0.25, 0.3) is 12.4 Å². The average Bonchev–Trinajstić information content (AvgIpc) is 2.94. The SMILES string of the molecule is CN1CCN(c2ccc(Nc3ncc(Cl)c(Nc4ccc5c(c4)N(CCF)C(=O)CO5)n3)cc2)CC1.O=CO. The number of ether oxygens (including phenoxy) is 1. The maximum absolute atomic E-state index is 13.0. The summed E-state index contributed by atoms with van der Waals surface area (Å²) in [6.45, 7) is 3.08. The third-order valence-corrected chi connectivity index (χ3v) is 6.49. The van der Waals surface area contributed by atoms with Gasteiger partial charge in [-0.1, -0.05) is 11.6 Å². The summed E-state index contributed by atoms with van der Waals surface area (Å²) in [5, 5.41) is 13.6. The van der Waals surface area contributed by atoms with Gasteiger partial charge in [-0.15, -0.1) is 0 Å². The molecule has 0 aliphatic carbocycles. The van der Waals surface area contributed by atoms with Gasteiger partial charge in [-0.05, 0) is 49.5 Å². The zero-order valence-corrected chi connectivity index (χ0v) is 22.1. The number of fused-ring (bicyclic) bond motifs is 1. The highest BCUT2D eigenvalue weighted by molar-refractivity contribution is 6.32. The van der Waals surface area contributed by atoms with Crippen LogP contribution in [0.5, 0.6) is 5.75 Å². The molecule has 0 unspecified atom stereocenters. The second-order valence-electron chi connectivity index (χ2n) is 8.79. The standard InChI is InChI=1S/C25H27ClFN7O2.CH2O2/c1-32-10-12-33(13-11-32)19-5-2-17(3-6-19)30-25-28-15-20(26)24(31-25)29-18-4-7-22-21(14-18)34(9-8-27)23(35)16-36-22;2-1-3/h2-7,14-15H,8-13,16H2,1H3,(H2,28,29,30,31);1H,(H,2,3). The molecule has 3 aromatic rings. The molecule has 1 aromatic heterocycles. The average molecular weight is 558 g/mol. The minimum absolute atomic E-state index is 0.0332. The molecule has 3 N–H and O–H groups in total. The number of amides is 1. The summed E-state index contributed by atoms with van der Waals surface area (Å²) in [6, 6.07) is 13.4. The summed E-state index contributed by atoms with van der Waals surface area (Å²) in [7, 11) is 2.14. The van der Waals surface area contributed by atoms with E-state index >= 15 is 0 Å². The Kier molecular flexibility index (Phi) is 9.34. The molecule has 11 nitrogen and oxygen atoms in total. The Bertz CT molecular complexity index is 1290. The summed E-state index contributed by atoms with van der Waals surface area (Å²) in [5.74, 6) is 1.00. The van der Waals surface area contributed by atoms with Gasteiger partial charge in [0.15, 0.2) is 12.4 Å². The van der Waals surface area contributed by atoms with Crippen LogP contribution in [-0.4, -0.2) is 85.4 Å². The largest absolute Gasteiger partial charge is 0.483 e. The first-order chi connectivity index (χ1) is 18.9. The second kappa shape index (κ2) is 13.1. The highest BCUT2D eigenvalue weighted by atomic mass is 35.5. The van der Waals surface area contributed by atoms with Crippen molar-refractivity contribution in [1.29, 1.82) is 0 Å². The highest BCUT2D eigenvalue weighted by Crippen LogP contribution is 2.36. The molecule has 0 bridgehead atoms. The lowest BCUT2D eigenvalue weighted by atomic mass is 10.2. The van der Waals surface area contributed by atoms with Crippen molar-refractivity contribution in [2.75, 3.05) is 73.5 Å². The molecule has 0 saturated carbocycles. The Morgan fingerprint density at radius 2 is 1.79 bits per heavy atom. The number of alkyl halides is 1. The number of nitrogens with one attached hydrogen (secondary N) is 2. The van der Waals surface area contributed by atoms with E-state index in [0.717, 1.165) is 31.9 Å². The van der Waals surface area contributed by atoms with Crippen molar-refractivity contribution in [3.8, 4) is 5.75 Å². The molecule has 39 heavy (non-hydrogen) atoms. The van der Waals surface area contributed by atoms with E-state index in [4.69, 9.17) is 26.2 Å². The fraction of sp³-hybridized carbons (Fsp3) is 0.308. The van der Waals surface area contributed by atoms with Gasteiger partial charge in [0.05, 0.1) is 18.4 Å². The molecular formula is C26H29ClFN7O4. The van der Waals surface area contributed by atoms with Crippen molar-refractivity contribution in [2.24, 2.45) is 0 Å². The molecular weight excluding hydrogens is 529 g/mol. The Hall–Kier alpha value is -4.16. The number of likely N-dealkylation sites (N-methyl/N-ethyl adjacent to an activating group) is 1. The van der Waals surface area contributed by atoms with E-state index in [1.54, 1.807) is 18.2 Å². The normalized spacial score (nSPS) is 15.0. The van der Waals surface area contributed by atoms with Crippen molar-refractivity contribution in [2.45, 2.75) is 0 Å². The van der Waals surface area contributed by atoms with E-state index in [0.29, 0.717) is 33.9 Å². The van der Waals surface area contributed by atoms with Gasteiger partial charge in [-0.3, -0.25) is 9.59 Å². The van der Waals surface area contributed by atoms with Gasteiger partial charge in [0.2, 0.25) is 5.95 Å². The van der Waals surface area contributed by atoms with Crippen LogP contribution in [0.15, 0.2) is 48.7 Å². The van der Waals surface area contributed by atoms with Crippen molar-refractivity contribution in [3.63, 3.8) is 0 Å². The van der Waals surface area contributed by atoms with Crippen LogP contribution in [0.3, 0.4) is 0 Å². The minimum Gasteiger partial charge on any atom is -0.483 e. The minimum atomic E-state index is -0.647. The van der Waals surface area contributed by atoms with Crippen LogP contribution in [0, 0.1) is 0 Å². The predicted molar refractivity (Wildman–Crippen MR) is 149 cm³/mol. The third-order valence-electron chi connectivity index (χ3n) is 6.21. The highest BCUT2D eigenvalue weighted by Gasteiger charge is 2.25. The Morgan fingerprint density at radius 3 is 2.49 bits per heavy atom. The molecule has 1 fully saturated rings. The molecule has 3 heterocycles. The summed E-state index contributed by atoms with van der Waals surface area (Å²) < 4.78 is 18.5. The summed E-state index contributed by atoms with van der Waals surface area (Å²) >= 11 is 6.35. The van der Waals surface area contributed by atoms with Crippen molar-refractivity contribution < 1.29 is 23.8 Å². The second-order valence-corrected chi connectivity index (χ2v) is 9.20. The van der Waals surface area contributed by atoms with E-state index in [9.17, 15) is 9.18 Å². The first-order valence-corrected chi connectivity index (χ1v) is 12.6. The zero-order valence-electron chi connectivity index (χ0n) is 21.3. The molecule has 2 aliphatic heterocycles. The number of halogens is 2. The number of piperazine rings is 1. The van der Waals surface area contributed by atoms with Crippen LogP contribution in [-0.2, 0) is 9.59 Å². The molecule has 13 heteroatoms. The molecule has 0 spiro atoms. The maximum Gasteiger partial charge on any atom is 0.290 e. The molecule has 2 aliphatic rings. The zero-order chi connectivity index (χ0) is 27.8. The number of benzene rings is 2. The number of carbonyl (C=O) groups excluding carboxylic acids is 1. The van der Waals surface area contributed by atoms with Crippen LogP contribution < -0.4 is 25.2 Å². The number of carbonyl (C=O) groups is 2. The summed E-state index contributed by atoms with van der Waals surface area (Å²) in [5.41, 5.74) is 3.16. The fourth-order valence-electron chi connectivity index (χ4n) is 4.21. The van der Waals surface area contributed by atoms with Gasteiger partial charge in [-0.2, -0.15) is 4.98 Å². The molecule has 0 atom stereocenters. The number of nitrogens with zero attached hydrogens (tertiary/aromatic N) is 5. The summed E-state index contributed by atoms with van der Waals surface area (Å²) in [6.07, 6.45) is 1.51. The molecule has 1 saturated heterocycles. The van der Waals surface area contributed by atoms with Crippen LogP contribution in [0.25, 0.3) is 0 Å². The van der Waals surface area contributed by atoms with E-state index in [2.05, 4.69) is 49.6 Å². The Morgan fingerprint density at radius 1 is 1.10 bits per heavy atom. The monoisotopic (exact) mass is 557 g/mol. The quantitative estimate of drug-likeness (QED) is 0.370. The molecule has 5 rings (SSSR count). The van der Waals surface area contributed by atoms with Crippen LogP contribution in [0.4, 0.5) is 38.9 Å². The van der Waals surface area contributed by atoms with Crippen molar-refractivity contribution in [1.82, 2.24) is 14.9 Å². The lowest BCUT2D eigenvalue weighted by molar-refractivity contribution is -0.123. The third kappa shape index (κ3) is 7.03. The topological polar surface area (TPSA) is 123 Å².